The molecule has 0 aliphatic carbocycles. The van der Waals surface area contributed by atoms with Crippen LogP contribution in [0.25, 0.3) is 28.3 Å². The number of amides is 1. The number of carbonyl (C=O) groups is 1. The highest BCUT2D eigenvalue weighted by molar-refractivity contribution is 5.81. The van der Waals surface area contributed by atoms with Gasteiger partial charge in [0.05, 0.1) is 29.7 Å². The second-order valence-corrected chi connectivity index (χ2v) is 10.9. The molecule has 8 nitrogen and oxygen atoms in total. The van der Waals surface area contributed by atoms with E-state index in [0.29, 0.717) is 30.4 Å². The number of fused-ring (bicyclic) bond motifs is 1. The summed E-state index contributed by atoms with van der Waals surface area (Å²) in [6.45, 7) is 4.77. The van der Waals surface area contributed by atoms with Crippen molar-refractivity contribution in [3.63, 3.8) is 0 Å². The molecule has 3 aromatic heterocycles. The van der Waals surface area contributed by atoms with Gasteiger partial charge in [0, 0.05) is 37.6 Å². The Balaban J connectivity index is 1.32. The fourth-order valence-corrected chi connectivity index (χ4v) is 5.48. The summed E-state index contributed by atoms with van der Waals surface area (Å²) in [7, 11) is 1.96. The first-order valence-electron chi connectivity index (χ1n) is 14.3. The van der Waals surface area contributed by atoms with Gasteiger partial charge in [-0.15, -0.1) is 0 Å². The van der Waals surface area contributed by atoms with E-state index in [0.717, 1.165) is 54.0 Å². The third kappa shape index (κ3) is 6.01. The number of benzene rings is 2. The average molecular weight is 564 g/mol. The van der Waals surface area contributed by atoms with E-state index in [9.17, 15) is 9.18 Å². The summed E-state index contributed by atoms with van der Waals surface area (Å²) in [5.74, 6) is 0.374. The number of pyridine rings is 1. The van der Waals surface area contributed by atoms with Crippen LogP contribution in [-0.4, -0.2) is 61.7 Å². The standard InChI is InChI=1S/C33H34FN7O/c1-23(25-8-4-3-5-9-25)36-33-35-16-14-28(37-33)32-31(26-10-12-27(34)13-11-26)38-29-20-24(15-19-41(29)32)21-39(2)22-30(42)40-17-6-7-18-40/h3-5,8-16,19-20,23H,6-7,17-18,21-22H2,1-2H3,(H,35,36,37)/t23-/m0/s1. The molecule has 9 heteroatoms. The molecule has 0 spiro atoms. The highest BCUT2D eigenvalue weighted by Crippen LogP contribution is 2.33. The van der Waals surface area contributed by atoms with E-state index in [1.807, 2.05) is 63.8 Å². The van der Waals surface area contributed by atoms with Crippen LogP contribution in [0.3, 0.4) is 0 Å². The molecule has 0 bridgehead atoms. The summed E-state index contributed by atoms with van der Waals surface area (Å²) in [4.78, 5) is 30.9. The molecule has 6 rings (SSSR count). The maximum atomic E-state index is 13.8. The van der Waals surface area contributed by atoms with Gasteiger partial charge in [0.2, 0.25) is 11.9 Å². The molecular weight excluding hydrogens is 529 g/mol. The smallest absolute Gasteiger partial charge is 0.236 e. The van der Waals surface area contributed by atoms with E-state index < -0.39 is 0 Å². The molecule has 1 aliphatic heterocycles. The van der Waals surface area contributed by atoms with Crippen LogP contribution in [0.1, 0.15) is 36.9 Å². The first-order valence-corrected chi connectivity index (χ1v) is 14.3. The number of likely N-dealkylation sites (tertiary alicyclic amines) is 1. The Morgan fingerprint density at radius 3 is 2.55 bits per heavy atom. The van der Waals surface area contributed by atoms with Crippen molar-refractivity contribution in [3.8, 4) is 22.6 Å². The van der Waals surface area contributed by atoms with Crippen LogP contribution in [-0.2, 0) is 11.3 Å². The highest BCUT2D eigenvalue weighted by atomic mass is 19.1. The van der Waals surface area contributed by atoms with Crippen molar-refractivity contribution in [1.82, 2.24) is 29.2 Å². The third-order valence-electron chi connectivity index (χ3n) is 7.67. The fourth-order valence-electron chi connectivity index (χ4n) is 5.48. The van der Waals surface area contributed by atoms with Crippen LogP contribution < -0.4 is 5.32 Å². The predicted octanol–water partition coefficient (Wildman–Crippen LogP) is 5.82. The van der Waals surface area contributed by atoms with Crippen LogP contribution >= 0.6 is 0 Å². The Hall–Kier alpha value is -4.63. The number of carbonyl (C=O) groups excluding carboxylic acids is 1. The fraction of sp³-hybridized carbons (Fsp3) is 0.273. The van der Waals surface area contributed by atoms with E-state index in [1.165, 1.54) is 12.1 Å². The molecule has 0 unspecified atom stereocenters. The monoisotopic (exact) mass is 563 g/mol. The predicted molar refractivity (Wildman–Crippen MR) is 162 cm³/mol. The Labute approximate surface area is 244 Å². The van der Waals surface area contributed by atoms with Gasteiger partial charge in [-0.05, 0) is 80.4 Å². The van der Waals surface area contributed by atoms with Crippen LogP contribution in [0.4, 0.5) is 10.3 Å². The van der Waals surface area contributed by atoms with Gasteiger partial charge in [-0.25, -0.2) is 19.3 Å². The number of likely N-dealkylation sites (N-methyl/N-ethyl adjacent to an activating group) is 1. The van der Waals surface area contributed by atoms with Crippen molar-refractivity contribution >= 4 is 17.5 Å². The first-order chi connectivity index (χ1) is 20.4. The van der Waals surface area contributed by atoms with Crippen molar-refractivity contribution in [2.75, 3.05) is 32.0 Å². The number of aromatic nitrogens is 4. The molecule has 5 aromatic rings. The molecule has 1 aliphatic rings. The van der Waals surface area contributed by atoms with Gasteiger partial charge in [-0.3, -0.25) is 14.1 Å². The molecule has 1 fully saturated rings. The minimum atomic E-state index is -0.304. The van der Waals surface area contributed by atoms with Crippen molar-refractivity contribution in [2.24, 2.45) is 0 Å². The molecule has 1 amide bonds. The van der Waals surface area contributed by atoms with E-state index in [-0.39, 0.29) is 17.8 Å². The summed E-state index contributed by atoms with van der Waals surface area (Å²) in [5.41, 5.74) is 5.89. The number of hydrogen-bond acceptors (Lipinski definition) is 6. The quantitative estimate of drug-likeness (QED) is 0.243. The average Bonchev–Trinajstić information content (AvgIpc) is 3.67. The molecule has 214 valence electrons. The van der Waals surface area contributed by atoms with Crippen molar-refractivity contribution in [2.45, 2.75) is 32.4 Å². The van der Waals surface area contributed by atoms with Gasteiger partial charge < -0.3 is 10.2 Å². The number of nitrogens with zero attached hydrogens (tertiary/aromatic N) is 6. The summed E-state index contributed by atoms with van der Waals surface area (Å²) in [6.07, 6.45) is 5.89. The van der Waals surface area contributed by atoms with E-state index >= 15 is 0 Å². The maximum absolute atomic E-state index is 13.8. The van der Waals surface area contributed by atoms with Crippen molar-refractivity contribution < 1.29 is 9.18 Å². The van der Waals surface area contributed by atoms with Crippen LogP contribution in [0.5, 0.6) is 0 Å². The van der Waals surface area contributed by atoms with Gasteiger partial charge >= 0.3 is 0 Å². The maximum Gasteiger partial charge on any atom is 0.236 e. The molecule has 1 atom stereocenters. The molecule has 1 N–H and O–H groups in total. The zero-order valence-electron chi connectivity index (χ0n) is 23.9. The summed E-state index contributed by atoms with van der Waals surface area (Å²) >= 11 is 0. The van der Waals surface area contributed by atoms with Crippen LogP contribution in [0.2, 0.25) is 0 Å². The number of rotatable bonds is 9. The molecule has 2 aromatic carbocycles. The van der Waals surface area contributed by atoms with E-state index in [1.54, 1.807) is 18.3 Å². The Morgan fingerprint density at radius 2 is 1.79 bits per heavy atom. The lowest BCUT2D eigenvalue weighted by Crippen LogP contribution is -2.36. The van der Waals surface area contributed by atoms with E-state index in [4.69, 9.17) is 9.97 Å². The molecule has 42 heavy (non-hydrogen) atoms. The minimum Gasteiger partial charge on any atom is -0.348 e. The first kappa shape index (κ1) is 27.5. The van der Waals surface area contributed by atoms with E-state index in [2.05, 4.69) is 29.4 Å². The van der Waals surface area contributed by atoms with Crippen molar-refractivity contribution in [3.05, 3.63) is 102 Å². The number of imidazole rings is 1. The van der Waals surface area contributed by atoms with Crippen LogP contribution in [0, 0.1) is 5.82 Å². The molecule has 1 saturated heterocycles. The van der Waals surface area contributed by atoms with Crippen LogP contribution in [0.15, 0.2) is 85.2 Å². The molecule has 4 heterocycles. The number of halogens is 1. The van der Waals surface area contributed by atoms with Gasteiger partial charge in [-0.2, -0.15) is 0 Å². The Kier molecular flexibility index (Phi) is 7.92. The topological polar surface area (TPSA) is 78.7 Å². The number of hydrogen-bond donors (Lipinski definition) is 1. The lowest BCUT2D eigenvalue weighted by atomic mass is 10.1. The summed E-state index contributed by atoms with van der Waals surface area (Å²) < 4.78 is 15.8. The molecule has 0 saturated carbocycles. The second-order valence-electron chi connectivity index (χ2n) is 10.9. The Morgan fingerprint density at radius 1 is 1.02 bits per heavy atom. The number of nitrogens with one attached hydrogen (secondary N) is 1. The highest BCUT2D eigenvalue weighted by Gasteiger charge is 2.21. The zero-order chi connectivity index (χ0) is 29.1. The third-order valence-corrected chi connectivity index (χ3v) is 7.67. The Bertz CT molecular complexity index is 1680. The zero-order valence-corrected chi connectivity index (χ0v) is 23.9. The van der Waals surface area contributed by atoms with Gasteiger partial charge in [0.25, 0.3) is 0 Å². The molecular formula is C33H34FN7O. The van der Waals surface area contributed by atoms with Crippen molar-refractivity contribution in [1.29, 1.82) is 0 Å². The van der Waals surface area contributed by atoms with Gasteiger partial charge in [0.15, 0.2) is 0 Å². The lowest BCUT2D eigenvalue weighted by molar-refractivity contribution is -0.131. The summed E-state index contributed by atoms with van der Waals surface area (Å²) in [5, 5.41) is 3.40. The van der Waals surface area contributed by atoms with Gasteiger partial charge in [-0.1, -0.05) is 30.3 Å². The van der Waals surface area contributed by atoms with Gasteiger partial charge in [0.1, 0.15) is 11.5 Å². The lowest BCUT2D eigenvalue weighted by Gasteiger charge is -2.21. The second kappa shape index (κ2) is 12.1. The normalized spacial score (nSPS) is 14.0. The molecule has 0 radical (unpaired) electrons. The summed E-state index contributed by atoms with van der Waals surface area (Å²) in [6, 6.07) is 22.4. The minimum absolute atomic E-state index is 0.0112. The largest absolute Gasteiger partial charge is 0.348 e. The number of anilines is 1. The SMILES string of the molecule is C[C@H](Nc1nccc(-c2c(-c3ccc(F)cc3)nc3cc(CN(C)CC(=O)N4CCCC4)ccn23)n1)c1ccccc1.